The fraction of sp³-hybridized carbons (Fsp3) is 0.649. The fourth-order valence-corrected chi connectivity index (χ4v) is 6.63. The van der Waals surface area contributed by atoms with Crippen molar-refractivity contribution in [1.29, 1.82) is 0 Å². The number of nitrogens with one attached hydrogen (secondary N) is 5. The van der Waals surface area contributed by atoms with Crippen LogP contribution in [0.1, 0.15) is 78.7 Å². The number of carboxylic acid groups (broad SMARTS) is 1. The van der Waals surface area contributed by atoms with Gasteiger partial charge in [0.05, 0.1) is 6.54 Å². The third-order valence-electron chi connectivity index (χ3n) is 8.98. The molecule has 0 unspecified atom stereocenters. The lowest BCUT2D eigenvalue weighted by molar-refractivity contribution is -0.143. The van der Waals surface area contributed by atoms with E-state index < -0.39 is 77.7 Å². The van der Waals surface area contributed by atoms with Crippen LogP contribution in [0.25, 0.3) is 0 Å². The molecule has 302 valence electrons. The molecule has 1 aromatic carbocycles. The topological polar surface area (TPSA) is 249 Å². The Bertz CT molecular complexity index is 1440. The highest BCUT2D eigenvalue weighted by atomic mass is 32.2. The number of hydrogen-bond donors (Lipinski definition) is 8. The quantitative estimate of drug-likeness (QED) is 0.0812. The average molecular weight is 778 g/mol. The Morgan fingerprint density at radius 3 is 1.87 bits per heavy atom. The summed E-state index contributed by atoms with van der Waals surface area (Å²) in [5, 5.41) is 32.7. The normalized spacial score (nSPS) is 16.8. The van der Waals surface area contributed by atoms with Crippen molar-refractivity contribution in [1.82, 2.24) is 31.5 Å². The van der Waals surface area contributed by atoms with Crippen LogP contribution in [0.3, 0.4) is 0 Å². The van der Waals surface area contributed by atoms with E-state index in [1.54, 1.807) is 19.1 Å². The molecule has 17 heteroatoms. The van der Waals surface area contributed by atoms with Gasteiger partial charge < -0.3 is 47.4 Å². The van der Waals surface area contributed by atoms with Gasteiger partial charge in [-0.1, -0.05) is 46.8 Å². The summed E-state index contributed by atoms with van der Waals surface area (Å²) in [6, 6.07) is -0.199. The molecule has 0 aliphatic carbocycles. The van der Waals surface area contributed by atoms with Crippen LogP contribution < -0.4 is 32.3 Å². The SMILES string of the molecule is CC[C@H](NC(=O)[C@H](CC(C)C)NC(=O)[C@@H]1CCCN1C(=O)[C@H](Cc1ccc(O)cc1)NC(=O)[C@H](CC(C)C)NC(=O)CN)C(=O)N[C@@H](CCSC)C(=O)O. The van der Waals surface area contributed by atoms with Gasteiger partial charge in [0.1, 0.15) is 42.0 Å². The van der Waals surface area contributed by atoms with E-state index >= 15 is 0 Å². The Balaban J connectivity index is 2.30. The van der Waals surface area contributed by atoms with E-state index in [1.165, 1.54) is 28.8 Å². The molecule has 0 saturated carbocycles. The van der Waals surface area contributed by atoms with Gasteiger partial charge >= 0.3 is 5.97 Å². The predicted octanol–water partition coefficient (Wildman–Crippen LogP) is 0.648. The molecule has 1 aliphatic rings. The number of aliphatic carboxylic acids is 1. The first kappa shape index (κ1) is 45.8. The van der Waals surface area contributed by atoms with Crippen molar-refractivity contribution in [3.63, 3.8) is 0 Å². The molecule has 1 saturated heterocycles. The third-order valence-corrected chi connectivity index (χ3v) is 9.62. The van der Waals surface area contributed by atoms with E-state index in [0.717, 1.165) is 0 Å². The average Bonchev–Trinajstić information content (AvgIpc) is 3.61. The molecular formula is C37H59N7O9S. The second kappa shape index (κ2) is 22.7. The first-order valence-electron chi connectivity index (χ1n) is 18.5. The van der Waals surface area contributed by atoms with Crippen LogP contribution in [-0.4, -0.2) is 118 Å². The second-order valence-corrected chi connectivity index (χ2v) is 15.4. The minimum atomic E-state index is -1.18. The van der Waals surface area contributed by atoms with E-state index in [9.17, 15) is 43.8 Å². The standard InChI is InChI=1S/C37H59N7O9S/c1-7-25(32(47)41-26(37(52)53)14-16-54-6)40-34(49)28(18-22(4)5)42-35(50)30-9-8-15-44(30)36(51)29(19-23-10-12-24(45)13-11-23)43-33(48)27(17-21(2)3)39-31(46)20-38/h10-13,21-22,25-30,45H,7-9,14-20,38H2,1-6H3,(H,39,46)(H,40,49)(H,41,47)(H,42,50)(H,43,48)(H,52,53)/t25-,26-,27-,28-,29-,30-/m0/s1. The predicted molar refractivity (Wildman–Crippen MR) is 205 cm³/mol. The zero-order valence-electron chi connectivity index (χ0n) is 32.2. The lowest BCUT2D eigenvalue weighted by atomic mass is 10.00. The van der Waals surface area contributed by atoms with Gasteiger partial charge in [-0.2, -0.15) is 11.8 Å². The number of benzene rings is 1. The van der Waals surface area contributed by atoms with Crippen LogP contribution in [-0.2, 0) is 40.0 Å². The number of amides is 6. The Hall–Kier alpha value is -4.38. The van der Waals surface area contributed by atoms with E-state index in [1.807, 2.05) is 34.0 Å². The number of nitrogens with zero attached hydrogens (tertiary/aromatic N) is 1. The highest BCUT2D eigenvalue weighted by Gasteiger charge is 2.40. The number of phenols is 1. The van der Waals surface area contributed by atoms with Gasteiger partial charge in [-0.25, -0.2) is 4.79 Å². The molecule has 9 N–H and O–H groups in total. The van der Waals surface area contributed by atoms with Crippen LogP contribution in [0.15, 0.2) is 24.3 Å². The summed E-state index contributed by atoms with van der Waals surface area (Å²) in [6.07, 6.45) is 3.49. The van der Waals surface area contributed by atoms with Gasteiger partial charge in [0.15, 0.2) is 0 Å². The fourth-order valence-electron chi connectivity index (χ4n) is 6.16. The first-order valence-corrected chi connectivity index (χ1v) is 19.9. The molecule has 1 aromatic rings. The summed E-state index contributed by atoms with van der Waals surface area (Å²) >= 11 is 1.44. The smallest absolute Gasteiger partial charge is 0.326 e. The van der Waals surface area contributed by atoms with Crippen LogP contribution >= 0.6 is 11.8 Å². The minimum absolute atomic E-state index is 0.0151. The van der Waals surface area contributed by atoms with E-state index in [4.69, 9.17) is 5.73 Å². The summed E-state index contributed by atoms with van der Waals surface area (Å²) in [4.78, 5) is 93.6. The molecule has 2 rings (SSSR count). The van der Waals surface area contributed by atoms with Crippen LogP contribution in [0, 0.1) is 11.8 Å². The monoisotopic (exact) mass is 777 g/mol. The molecule has 54 heavy (non-hydrogen) atoms. The van der Waals surface area contributed by atoms with Crippen molar-refractivity contribution >= 4 is 53.2 Å². The molecule has 16 nitrogen and oxygen atoms in total. The summed E-state index contributed by atoms with van der Waals surface area (Å²) in [5.74, 6) is -4.21. The highest BCUT2D eigenvalue weighted by Crippen LogP contribution is 2.22. The number of likely N-dealkylation sites (tertiary alicyclic amines) is 1. The Morgan fingerprint density at radius 2 is 1.35 bits per heavy atom. The first-order chi connectivity index (χ1) is 25.5. The van der Waals surface area contributed by atoms with Crippen molar-refractivity contribution < 1.29 is 43.8 Å². The zero-order chi connectivity index (χ0) is 40.5. The van der Waals surface area contributed by atoms with Crippen LogP contribution in [0.2, 0.25) is 0 Å². The van der Waals surface area contributed by atoms with Gasteiger partial charge in [0.2, 0.25) is 35.4 Å². The van der Waals surface area contributed by atoms with Gasteiger partial charge in [-0.15, -0.1) is 0 Å². The molecule has 1 aliphatic heterocycles. The second-order valence-electron chi connectivity index (χ2n) is 14.4. The third kappa shape index (κ3) is 14.8. The number of nitrogens with two attached hydrogens (primary N) is 1. The number of carbonyl (C=O) groups is 7. The molecule has 0 spiro atoms. The molecule has 6 atom stereocenters. The van der Waals surface area contributed by atoms with E-state index in [2.05, 4.69) is 26.6 Å². The van der Waals surface area contributed by atoms with Crippen LogP contribution in [0.4, 0.5) is 0 Å². The van der Waals surface area contributed by atoms with Gasteiger partial charge in [0, 0.05) is 13.0 Å². The summed E-state index contributed by atoms with van der Waals surface area (Å²) in [6.45, 7) is 9.05. The maximum Gasteiger partial charge on any atom is 0.326 e. The van der Waals surface area contributed by atoms with Crippen molar-refractivity contribution in [3.8, 4) is 5.75 Å². The van der Waals surface area contributed by atoms with Crippen molar-refractivity contribution in [2.24, 2.45) is 17.6 Å². The number of phenolic OH excluding ortho intramolecular Hbond substituents is 1. The van der Waals surface area contributed by atoms with Gasteiger partial charge in [-0.3, -0.25) is 28.8 Å². The van der Waals surface area contributed by atoms with Crippen molar-refractivity contribution in [2.75, 3.05) is 25.1 Å². The Labute approximate surface area is 321 Å². The number of hydrogen-bond acceptors (Lipinski definition) is 10. The molecule has 0 bridgehead atoms. The van der Waals surface area contributed by atoms with Gasteiger partial charge in [0.25, 0.3) is 0 Å². The molecule has 6 amide bonds. The maximum atomic E-state index is 14.3. The zero-order valence-corrected chi connectivity index (χ0v) is 33.0. The number of carboxylic acids is 1. The van der Waals surface area contributed by atoms with Crippen LogP contribution in [0.5, 0.6) is 5.75 Å². The van der Waals surface area contributed by atoms with Crippen molar-refractivity contribution in [3.05, 3.63) is 29.8 Å². The molecule has 0 radical (unpaired) electrons. The van der Waals surface area contributed by atoms with E-state index in [0.29, 0.717) is 24.2 Å². The summed E-state index contributed by atoms with van der Waals surface area (Å²) in [5.41, 5.74) is 6.11. The molecule has 1 heterocycles. The largest absolute Gasteiger partial charge is 0.508 e. The summed E-state index contributed by atoms with van der Waals surface area (Å²) < 4.78 is 0. The molecular weight excluding hydrogens is 719 g/mol. The summed E-state index contributed by atoms with van der Waals surface area (Å²) in [7, 11) is 0. The number of thioether (sulfide) groups is 1. The molecule has 0 aromatic heterocycles. The van der Waals surface area contributed by atoms with E-state index in [-0.39, 0.29) is 62.8 Å². The highest BCUT2D eigenvalue weighted by molar-refractivity contribution is 7.98. The lowest BCUT2D eigenvalue weighted by Crippen LogP contribution is -2.59. The maximum absolute atomic E-state index is 14.3. The Kier molecular flexibility index (Phi) is 19.3. The lowest BCUT2D eigenvalue weighted by Gasteiger charge is -2.31. The Morgan fingerprint density at radius 1 is 0.815 bits per heavy atom. The minimum Gasteiger partial charge on any atom is -0.508 e. The number of aromatic hydroxyl groups is 1. The number of rotatable bonds is 22. The van der Waals surface area contributed by atoms with Crippen molar-refractivity contribution in [2.45, 2.75) is 116 Å². The van der Waals surface area contributed by atoms with Gasteiger partial charge in [-0.05, 0) is 80.1 Å². The molecule has 1 fully saturated rings. The number of carbonyl (C=O) groups excluding carboxylic acids is 6.